The van der Waals surface area contributed by atoms with Crippen LogP contribution in [-0.4, -0.2) is 47.0 Å². The molecule has 0 spiro atoms. The lowest BCUT2D eigenvalue weighted by Gasteiger charge is -2.27. The predicted octanol–water partition coefficient (Wildman–Crippen LogP) is 2.21. The van der Waals surface area contributed by atoms with Gasteiger partial charge in [0, 0.05) is 30.2 Å². The minimum absolute atomic E-state index is 0. The van der Waals surface area contributed by atoms with Crippen molar-refractivity contribution in [3.05, 3.63) is 11.1 Å². The molecule has 2 fully saturated rings. The van der Waals surface area contributed by atoms with Gasteiger partial charge in [-0.15, -0.1) is 23.7 Å². The van der Waals surface area contributed by atoms with Crippen LogP contribution in [0.15, 0.2) is 6.20 Å². The normalized spacial score (nSPS) is 24.7. The maximum atomic E-state index is 5.70. The molecule has 0 saturated carbocycles. The molecule has 2 aliphatic heterocycles. The number of thiazole rings is 1. The SMILES string of the molecule is Cl.Nc1ncc(CN2CCCC2CN2CCCC2)s1. The molecule has 2 aliphatic rings. The third-order valence-corrected chi connectivity index (χ3v) is 4.91. The number of likely N-dealkylation sites (tertiary alicyclic amines) is 2. The van der Waals surface area contributed by atoms with Gasteiger partial charge in [0.25, 0.3) is 0 Å². The molecule has 4 nitrogen and oxygen atoms in total. The fourth-order valence-electron chi connectivity index (χ4n) is 3.17. The third kappa shape index (κ3) is 3.81. The largest absolute Gasteiger partial charge is 0.375 e. The Morgan fingerprint density at radius 2 is 2.05 bits per heavy atom. The number of aromatic nitrogens is 1. The molecule has 0 aliphatic carbocycles. The van der Waals surface area contributed by atoms with Gasteiger partial charge >= 0.3 is 0 Å². The average molecular weight is 303 g/mol. The summed E-state index contributed by atoms with van der Waals surface area (Å²) >= 11 is 1.63. The number of halogens is 1. The maximum Gasteiger partial charge on any atom is 0.180 e. The van der Waals surface area contributed by atoms with Crippen molar-refractivity contribution in [1.82, 2.24) is 14.8 Å². The highest BCUT2D eigenvalue weighted by atomic mass is 35.5. The molecule has 1 aromatic heterocycles. The molecule has 2 saturated heterocycles. The summed E-state index contributed by atoms with van der Waals surface area (Å²) in [6.07, 6.45) is 7.40. The van der Waals surface area contributed by atoms with E-state index < -0.39 is 0 Å². The molecule has 6 heteroatoms. The Balaban J connectivity index is 0.00000133. The second-order valence-electron chi connectivity index (χ2n) is 5.44. The zero-order chi connectivity index (χ0) is 12.4. The Hall–Kier alpha value is -0.360. The molecule has 108 valence electrons. The van der Waals surface area contributed by atoms with Crippen molar-refractivity contribution in [1.29, 1.82) is 0 Å². The van der Waals surface area contributed by atoms with Crippen LogP contribution in [0.3, 0.4) is 0 Å². The van der Waals surface area contributed by atoms with Gasteiger partial charge in [-0.2, -0.15) is 0 Å². The van der Waals surface area contributed by atoms with Gasteiger partial charge in [-0.1, -0.05) is 0 Å². The van der Waals surface area contributed by atoms with Gasteiger partial charge in [-0.05, 0) is 45.3 Å². The van der Waals surface area contributed by atoms with Crippen molar-refractivity contribution < 1.29 is 0 Å². The number of rotatable bonds is 4. The van der Waals surface area contributed by atoms with E-state index in [1.54, 1.807) is 11.3 Å². The molecule has 19 heavy (non-hydrogen) atoms. The topological polar surface area (TPSA) is 45.4 Å². The van der Waals surface area contributed by atoms with Crippen LogP contribution < -0.4 is 5.73 Å². The Kier molecular flexibility index (Phi) is 5.45. The molecule has 2 N–H and O–H groups in total. The lowest BCUT2D eigenvalue weighted by atomic mass is 10.2. The van der Waals surface area contributed by atoms with Crippen molar-refractivity contribution in [2.45, 2.75) is 38.3 Å². The second kappa shape index (κ2) is 6.88. The lowest BCUT2D eigenvalue weighted by molar-refractivity contribution is 0.186. The predicted molar refractivity (Wildman–Crippen MR) is 82.9 cm³/mol. The number of anilines is 1. The quantitative estimate of drug-likeness (QED) is 0.926. The first kappa shape index (κ1) is 15.0. The smallest absolute Gasteiger partial charge is 0.180 e. The summed E-state index contributed by atoms with van der Waals surface area (Å²) in [6.45, 7) is 6.13. The van der Waals surface area contributed by atoms with Gasteiger partial charge in [-0.25, -0.2) is 4.98 Å². The maximum absolute atomic E-state index is 5.70. The van der Waals surface area contributed by atoms with Crippen LogP contribution in [0.25, 0.3) is 0 Å². The molecular weight excluding hydrogens is 280 g/mol. The Morgan fingerprint density at radius 3 is 2.74 bits per heavy atom. The molecule has 0 bridgehead atoms. The van der Waals surface area contributed by atoms with Crippen molar-refractivity contribution in [3.63, 3.8) is 0 Å². The van der Waals surface area contributed by atoms with Crippen LogP contribution in [0.5, 0.6) is 0 Å². The highest BCUT2D eigenvalue weighted by molar-refractivity contribution is 7.15. The van der Waals surface area contributed by atoms with Gasteiger partial charge in [0.1, 0.15) is 0 Å². The zero-order valence-corrected chi connectivity index (χ0v) is 12.9. The first-order valence-corrected chi connectivity index (χ1v) is 7.79. The Labute approximate surface area is 125 Å². The average Bonchev–Trinajstić information content (AvgIpc) is 3.05. The van der Waals surface area contributed by atoms with Crippen molar-refractivity contribution >= 4 is 28.9 Å². The van der Waals surface area contributed by atoms with E-state index in [1.165, 1.54) is 56.7 Å². The number of nitrogens with two attached hydrogens (primary N) is 1. The molecule has 3 rings (SSSR count). The lowest BCUT2D eigenvalue weighted by Crippen LogP contribution is -2.38. The molecule has 0 radical (unpaired) electrons. The summed E-state index contributed by atoms with van der Waals surface area (Å²) in [4.78, 5) is 10.7. The van der Waals surface area contributed by atoms with Gasteiger partial charge in [0.2, 0.25) is 0 Å². The van der Waals surface area contributed by atoms with E-state index in [-0.39, 0.29) is 12.4 Å². The van der Waals surface area contributed by atoms with E-state index in [0.29, 0.717) is 5.13 Å². The number of hydrogen-bond acceptors (Lipinski definition) is 5. The van der Waals surface area contributed by atoms with Gasteiger partial charge in [0.05, 0.1) is 0 Å². The Morgan fingerprint density at radius 1 is 1.26 bits per heavy atom. The van der Waals surface area contributed by atoms with Crippen LogP contribution in [0.1, 0.15) is 30.6 Å². The highest BCUT2D eigenvalue weighted by Crippen LogP contribution is 2.24. The monoisotopic (exact) mass is 302 g/mol. The molecular formula is C13H23ClN4S. The first-order chi connectivity index (χ1) is 8.81. The van der Waals surface area contributed by atoms with Gasteiger partial charge < -0.3 is 10.6 Å². The molecule has 1 unspecified atom stereocenters. The molecule has 0 aromatic carbocycles. The van der Waals surface area contributed by atoms with E-state index in [1.807, 2.05) is 6.20 Å². The second-order valence-corrected chi connectivity index (χ2v) is 6.59. The van der Waals surface area contributed by atoms with Crippen LogP contribution in [0, 0.1) is 0 Å². The third-order valence-electron chi connectivity index (χ3n) is 4.10. The van der Waals surface area contributed by atoms with Crippen molar-refractivity contribution in [3.8, 4) is 0 Å². The van der Waals surface area contributed by atoms with Crippen molar-refractivity contribution in [2.75, 3.05) is 31.9 Å². The molecule has 3 heterocycles. The summed E-state index contributed by atoms with van der Waals surface area (Å²) in [5.74, 6) is 0. The summed E-state index contributed by atoms with van der Waals surface area (Å²) in [5, 5.41) is 0.695. The van der Waals surface area contributed by atoms with Crippen molar-refractivity contribution in [2.24, 2.45) is 0 Å². The van der Waals surface area contributed by atoms with Crippen LogP contribution >= 0.6 is 23.7 Å². The number of nitrogens with zero attached hydrogens (tertiary/aromatic N) is 3. The van der Waals surface area contributed by atoms with E-state index in [0.717, 1.165) is 12.6 Å². The molecule has 1 atom stereocenters. The first-order valence-electron chi connectivity index (χ1n) is 6.98. The Bertz CT molecular complexity index is 392. The van der Waals surface area contributed by atoms with Gasteiger partial charge in [0.15, 0.2) is 5.13 Å². The molecule has 0 amide bonds. The number of nitrogen functional groups attached to an aromatic ring is 1. The van der Waals surface area contributed by atoms with E-state index >= 15 is 0 Å². The summed E-state index contributed by atoms with van der Waals surface area (Å²) in [6, 6.07) is 0.742. The van der Waals surface area contributed by atoms with Crippen LogP contribution in [0.2, 0.25) is 0 Å². The van der Waals surface area contributed by atoms with Gasteiger partial charge in [-0.3, -0.25) is 4.90 Å². The summed E-state index contributed by atoms with van der Waals surface area (Å²) in [5.41, 5.74) is 5.70. The summed E-state index contributed by atoms with van der Waals surface area (Å²) < 4.78 is 0. The minimum atomic E-state index is 0. The van der Waals surface area contributed by atoms with E-state index in [2.05, 4.69) is 14.8 Å². The minimum Gasteiger partial charge on any atom is -0.375 e. The van der Waals surface area contributed by atoms with Crippen LogP contribution in [-0.2, 0) is 6.54 Å². The fraction of sp³-hybridized carbons (Fsp3) is 0.769. The van der Waals surface area contributed by atoms with Crippen LogP contribution in [0.4, 0.5) is 5.13 Å². The standard InChI is InChI=1S/C13H22N4S.ClH/c14-13-15-8-12(18-13)10-17-7-3-4-11(17)9-16-5-1-2-6-16;/h8,11H,1-7,9-10H2,(H2,14,15);1H. The van der Waals surface area contributed by atoms with E-state index in [9.17, 15) is 0 Å². The highest BCUT2D eigenvalue weighted by Gasteiger charge is 2.27. The summed E-state index contributed by atoms with van der Waals surface area (Å²) in [7, 11) is 0. The van der Waals surface area contributed by atoms with E-state index in [4.69, 9.17) is 5.73 Å². The zero-order valence-electron chi connectivity index (χ0n) is 11.3. The molecule has 1 aromatic rings. The fourth-order valence-corrected chi connectivity index (χ4v) is 3.88. The number of hydrogen-bond donors (Lipinski definition) is 1.